The Hall–Kier alpha value is -3.79. The maximum Gasteiger partial charge on any atom is 0.472 e. The van der Waals surface area contributed by atoms with Crippen LogP contribution in [0, 0.1) is 0 Å². The molecular formula is C75H130O16P2. The van der Waals surface area contributed by atoms with Gasteiger partial charge < -0.3 is 34.2 Å². The second kappa shape index (κ2) is 68.2. The molecule has 0 rings (SSSR count). The molecule has 0 aromatic carbocycles. The third-order valence-corrected chi connectivity index (χ3v) is 16.9. The number of allylic oxidation sites excluding steroid dienone is 18. The van der Waals surface area contributed by atoms with Crippen LogP contribution in [0.25, 0.3) is 0 Å². The predicted octanol–water partition coefficient (Wildman–Crippen LogP) is 20.4. The van der Waals surface area contributed by atoms with Crippen molar-refractivity contribution in [2.24, 2.45) is 0 Å². The molecule has 0 heterocycles. The average molecular weight is 1350 g/mol. The highest BCUT2D eigenvalue weighted by atomic mass is 31.2. The summed E-state index contributed by atoms with van der Waals surface area (Å²) in [6, 6.07) is 0. The maximum atomic E-state index is 12.9. The van der Waals surface area contributed by atoms with Gasteiger partial charge in [0.1, 0.15) is 25.4 Å². The molecule has 0 amide bonds. The Morgan fingerprint density at radius 3 is 0.935 bits per heavy atom. The van der Waals surface area contributed by atoms with Gasteiger partial charge in [-0.15, -0.1) is 0 Å². The molecule has 16 nitrogen and oxygen atoms in total. The van der Waals surface area contributed by atoms with Crippen molar-refractivity contribution >= 4 is 33.6 Å². The number of unbranched alkanes of at least 4 members (excludes halogenated alkanes) is 27. The van der Waals surface area contributed by atoms with Gasteiger partial charge in [0.2, 0.25) is 0 Å². The second-order valence-corrected chi connectivity index (χ2v) is 26.9. The molecule has 0 aliphatic rings. The van der Waals surface area contributed by atoms with Gasteiger partial charge >= 0.3 is 33.6 Å². The molecule has 0 aromatic heterocycles. The maximum absolute atomic E-state index is 12.9. The third-order valence-electron chi connectivity index (χ3n) is 15.0. The van der Waals surface area contributed by atoms with Gasteiger partial charge in [0, 0.05) is 19.3 Å². The molecule has 0 aliphatic heterocycles. The summed E-state index contributed by atoms with van der Waals surface area (Å²) in [4.78, 5) is 58.5. The number of carbonyl (C=O) groups is 3. The van der Waals surface area contributed by atoms with Gasteiger partial charge in [-0.25, -0.2) is 9.13 Å². The summed E-state index contributed by atoms with van der Waals surface area (Å²) in [5, 5.41) is 20.6. The Balaban J connectivity index is 4.60. The van der Waals surface area contributed by atoms with Crippen LogP contribution in [0.5, 0.6) is 0 Å². The zero-order chi connectivity index (χ0) is 68.1. The Kier molecular flexibility index (Phi) is 65.4. The molecule has 0 aromatic rings. The van der Waals surface area contributed by atoms with E-state index in [1.165, 1.54) is 89.9 Å². The normalized spacial score (nSPS) is 14.8. The lowest BCUT2D eigenvalue weighted by atomic mass is 10.1. The van der Waals surface area contributed by atoms with Crippen molar-refractivity contribution in [2.75, 3.05) is 39.6 Å². The Labute approximate surface area is 564 Å². The van der Waals surface area contributed by atoms with Crippen molar-refractivity contribution in [1.29, 1.82) is 0 Å². The number of esters is 3. The van der Waals surface area contributed by atoms with Crippen LogP contribution in [0.1, 0.15) is 290 Å². The number of carbonyl (C=O) groups excluding carboxylic acids is 3. The fourth-order valence-corrected chi connectivity index (χ4v) is 11.0. The quantitative estimate of drug-likeness (QED) is 0.0146. The smallest absolute Gasteiger partial charge is 0.463 e. The number of phosphoric ester groups is 2. The Morgan fingerprint density at radius 2 is 0.570 bits per heavy atom. The fourth-order valence-electron chi connectivity index (χ4n) is 9.42. The summed E-state index contributed by atoms with van der Waals surface area (Å²) in [6.07, 6.45) is 77.1. The number of ether oxygens (including phenoxy) is 3. The predicted molar refractivity (Wildman–Crippen MR) is 380 cm³/mol. The highest BCUT2D eigenvalue weighted by Gasteiger charge is 2.29. The number of hydrogen-bond acceptors (Lipinski definition) is 14. The molecule has 5 atom stereocenters. The minimum atomic E-state index is -4.93. The standard InChI is InChI=1S/C75H130O16P2/c1-4-7-10-13-16-19-22-25-28-30-31-32-33-34-35-36-37-39-42-43-46-49-52-55-58-61-73(78)85-64-70(76)65-87-92(81,82)88-66-71(77)67-89-93(83,84)90-69-72(91-75(80)63-60-57-54-51-48-45-40-27-24-21-18-15-12-9-6-3)68-86-74(79)62-59-56-53-50-47-44-41-38-29-26-23-20-17-14-11-8-5-2/h8,11,16-17,19-20,25-29,31-32,34-35,40-41,44,70-72,76-77H,4-7,9-10,12-15,18,21-24,30,33,36-39,42-43,45-69H2,1-3H3,(H,81,82)(H,83,84)/b11-8-,19-16-,20-17-,28-25-,29-26-,32-31-,35-34-,40-27-,44-41-. The first-order valence-electron chi connectivity index (χ1n) is 36.2. The van der Waals surface area contributed by atoms with Crippen LogP contribution in [0.3, 0.4) is 0 Å². The summed E-state index contributed by atoms with van der Waals surface area (Å²) in [5.74, 6) is -1.62. The molecule has 536 valence electrons. The lowest BCUT2D eigenvalue weighted by Gasteiger charge is -2.21. The highest BCUT2D eigenvalue weighted by Crippen LogP contribution is 2.45. The van der Waals surface area contributed by atoms with Crippen molar-refractivity contribution in [1.82, 2.24) is 0 Å². The molecular weight excluding hydrogens is 1220 g/mol. The van der Waals surface area contributed by atoms with Crippen LogP contribution in [-0.2, 0) is 55.8 Å². The van der Waals surface area contributed by atoms with E-state index in [2.05, 4.69) is 130 Å². The first-order valence-corrected chi connectivity index (χ1v) is 39.2. The number of aliphatic hydroxyl groups is 2. The first-order chi connectivity index (χ1) is 45.2. The van der Waals surface area contributed by atoms with E-state index in [4.69, 9.17) is 32.3 Å². The van der Waals surface area contributed by atoms with Gasteiger partial charge in [0.25, 0.3) is 0 Å². The number of phosphoric acid groups is 2. The number of rotatable bonds is 68. The monoisotopic (exact) mass is 1350 g/mol. The van der Waals surface area contributed by atoms with Crippen molar-refractivity contribution in [3.63, 3.8) is 0 Å². The van der Waals surface area contributed by atoms with Crippen molar-refractivity contribution < 1.29 is 75.8 Å². The van der Waals surface area contributed by atoms with Crippen LogP contribution in [0.2, 0.25) is 0 Å². The first kappa shape index (κ1) is 89.2. The summed E-state index contributed by atoms with van der Waals surface area (Å²) < 4.78 is 60.9. The van der Waals surface area contributed by atoms with Gasteiger partial charge in [-0.1, -0.05) is 252 Å². The van der Waals surface area contributed by atoms with E-state index in [-0.39, 0.29) is 19.3 Å². The molecule has 0 bridgehead atoms. The van der Waals surface area contributed by atoms with Crippen molar-refractivity contribution in [2.45, 2.75) is 309 Å². The number of hydrogen-bond donors (Lipinski definition) is 4. The summed E-state index contributed by atoms with van der Waals surface area (Å²) in [6.45, 7) is 2.49. The van der Waals surface area contributed by atoms with E-state index >= 15 is 0 Å². The molecule has 93 heavy (non-hydrogen) atoms. The second-order valence-electron chi connectivity index (χ2n) is 24.0. The van der Waals surface area contributed by atoms with Crippen LogP contribution < -0.4 is 0 Å². The van der Waals surface area contributed by atoms with Crippen LogP contribution >= 0.6 is 15.6 Å². The van der Waals surface area contributed by atoms with Crippen LogP contribution in [0.15, 0.2) is 109 Å². The minimum Gasteiger partial charge on any atom is -0.463 e. The van der Waals surface area contributed by atoms with E-state index in [0.717, 1.165) is 141 Å². The van der Waals surface area contributed by atoms with Gasteiger partial charge in [-0.2, -0.15) is 0 Å². The van der Waals surface area contributed by atoms with Gasteiger partial charge in [-0.3, -0.25) is 32.5 Å². The highest BCUT2D eigenvalue weighted by molar-refractivity contribution is 7.47. The van der Waals surface area contributed by atoms with E-state index in [0.29, 0.717) is 19.3 Å². The zero-order valence-electron chi connectivity index (χ0n) is 58.1. The van der Waals surface area contributed by atoms with Gasteiger partial charge in [-0.05, 0) is 128 Å². The third kappa shape index (κ3) is 69.4. The van der Waals surface area contributed by atoms with E-state index < -0.39 is 91.5 Å². The molecule has 0 radical (unpaired) electrons. The summed E-state index contributed by atoms with van der Waals surface area (Å²) in [7, 11) is -9.79. The van der Waals surface area contributed by atoms with Gasteiger partial charge in [0.15, 0.2) is 6.10 Å². The van der Waals surface area contributed by atoms with E-state index in [1.807, 2.05) is 0 Å². The Bertz CT molecular complexity index is 2130. The largest absolute Gasteiger partial charge is 0.472 e. The lowest BCUT2D eigenvalue weighted by Crippen LogP contribution is -2.30. The summed E-state index contributed by atoms with van der Waals surface area (Å²) >= 11 is 0. The minimum absolute atomic E-state index is 0.0877. The topological polar surface area (TPSA) is 231 Å². The van der Waals surface area contributed by atoms with E-state index in [1.54, 1.807) is 0 Å². The molecule has 4 N–H and O–H groups in total. The lowest BCUT2D eigenvalue weighted by molar-refractivity contribution is -0.161. The van der Waals surface area contributed by atoms with Crippen LogP contribution in [-0.4, -0.2) is 95.9 Å². The summed E-state index contributed by atoms with van der Waals surface area (Å²) in [5.41, 5.74) is 0. The van der Waals surface area contributed by atoms with Crippen molar-refractivity contribution in [3.8, 4) is 0 Å². The molecule has 0 saturated carbocycles. The fraction of sp³-hybridized carbons (Fsp3) is 0.720. The SMILES string of the molecule is CC/C=C\C/C=C\C/C=C\C/C=C\CCCCCCC(=O)OCC(COP(=O)(O)OCC(O)COP(=O)(O)OCC(O)COC(=O)CCCCCCCCCCC/C=C\C/C=C\C/C=C\C/C=C\CCCCC)OC(=O)CCCCCCC/C=C\CCCCCCCC. The Morgan fingerprint density at radius 1 is 0.312 bits per heavy atom. The zero-order valence-corrected chi connectivity index (χ0v) is 59.9. The van der Waals surface area contributed by atoms with Crippen molar-refractivity contribution in [3.05, 3.63) is 109 Å². The molecule has 18 heteroatoms. The average Bonchev–Trinajstić information content (AvgIpc) is 3.14. The van der Waals surface area contributed by atoms with Crippen LogP contribution in [0.4, 0.5) is 0 Å². The van der Waals surface area contributed by atoms with E-state index in [9.17, 15) is 43.5 Å². The molecule has 0 spiro atoms. The molecule has 0 fully saturated rings. The number of aliphatic hydroxyl groups excluding tert-OH is 2. The molecule has 5 unspecified atom stereocenters. The molecule has 0 saturated heterocycles. The van der Waals surface area contributed by atoms with Gasteiger partial charge in [0.05, 0.1) is 26.4 Å². The molecule has 0 aliphatic carbocycles.